The molecule has 3 heterocycles. The predicted molar refractivity (Wildman–Crippen MR) is 122 cm³/mol. The van der Waals surface area contributed by atoms with Gasteiger partial charge in [-0.3, -0.25) is 14.4 Å². The van der Waals surface area contributed by atoms with Crippen molar-refractivity contribution in [3.8, 4) is 17.1 Å². The minimum Gasteiger partial charge on any atom is -0.494 e. The van der Waals surface area contributed by atoms with E-state index < -0.39 is 31.9 Å². The molecule has 2 N–H and O–H groups in total. The molecule has 1 aliphatic heterocycles. The van der Waals surface area contributed by atoms with Gasteiger partial charge in [-0.05, 0) is 12.1 Å². The lowest BCUT2D eigenvalue weighted by Gasteiger charge is -2.19. The second kappa shape index (κ2) is 9.87. The lowest BCUT2D eigenvalue weighted by Crippen LogP contribution is -2.35. The van der Waals surface area contributed by atoms with E-state index in [2.05, 4.69) is 25.6 Å². The van der Waals surface area contributed by atoms with Gasteiger partial charge in [0.2, 0.25) is 0 Å². The van der Waals surface area contributed by atoms with Crippen LogP contribution in [0.5, 0.6) is 5.75 Å². The highest BCUT2D eigenvalue weighted by molar-refractivity contribution is 6.00. The largest absolute Gasteiger partial charge is 0.494 e. The molecule has 35 heavy (non-hydrogen) atoms. The number of aryl methyl sites for hydroxylation is 1. The molecule has 4 rings (SSSR count). The van der Waals surface area contributed by atoms with Crippen LogP contribution in [0.25, 0.3) is 11.4 Å². The van der Waals surface area contributed by atoms with Gasteiger partial charge in [0.15, 0.2) is 23.1 Å². The van der Waals surface area contributed by atoms with E-state index in [0.29, 0.717) is 22.8 Å². The Morgan fingerprint density at radius 2 is 2.11 bits per heavy atom. The predicted octanol–water partition coefficient (Wildman–Crippen LogP) is 1.89. The molecule has 0 saturated carbocycles. The zero-order valence-electron chi connectivity index (χ0n) is 21.7. The molecule has 2 aromatic heterocycles. The molecule has 3 amide bonds. The summed E-state index contributed by atoms with van der Waals surface area (Å²) < 4.78 is 54.8. The molecule has 1 aliphatic rings. The smallest absolute Gasteiger partial charge is 0.326 e. The van der Waals surface area contributed by atoms with Gasteiger partial charge in [-0.15, -0.1) is 10.2 Å². The number of aromatic nitrogens is 5. The van der Waals surface area contributed by atoms with Gasteiger partial charge >= 0.3 is 6.03 Å². The summed E-state index contributed by atoms with van der Waals surface area (Å²) in [5.74, 6) is -0.412. The molecule has 0 aliphatic carbocycles. The number of hydrogen-bond donors (Lipinski definition) is 2. The number of benzene rings is 1. The number of urea groups is 1. The summed E-state index contributed by atoms with van der Waals surface area (Å²) in [7, 11) is 3.12. The molecule has 1 fully saturated rings. The third-order valence-electron chi connectivity index (χ3n) is 5.17. The molecular formula is C21H23F2N9O3. The number of para-hydroxylation sites is 1. The number of carbonyl (C=O) groups excluding carboxylic acids is 2. The van der Waals surface area contributed by atoms with Crippen LogP contribution in [0.1, 0.15) is 14.6 Å². The van der Waals surface area contributed by atoms with Crippen LogP contribution >= 0.6 is 0 Å². The third kappa shape index (κ3) is 4.81. The summed E-state index contributed by atoms with van der Waals surface area (Å²) >= 11 is 0. The maximum Gasteiger partial charge on any atom is 0.326 e. The van der Waals surface area contributed by atoms with Gasteiger partial charge in [-0.1, -0.05) is 6.07 Å². The molecule has 0 spiro atoms. The fourth-order valence-electron chi connectivity index (χ4n) is 3.61. The first-order valence-corrected chi connectivity index (χ1v) is 10.3. The number of anilines is 3. The average molecular weight is 490 g/mol. The van der Waals surface area contributed by atoms with Crippen molar-refractivity contribution in [2.24, 2.45) is 7.05 Å². The zero-order valence-corrected chi connectivity index (χ0v) is 18.7. The fraction of sp³-hybridized carbons (Fsp3) is 0.333. The van der Waals surface area contributed by atoms with Crippen molar-refractivity contribution in [3.05, 3.63) is 36.3 Å². The maximum atomic E-state index is 12.8. The van der Waals surface area contributed by atoms with Crippen molar-refractivity contribution in [1.82, 2.24) is 35.2 Å². The van der Waals surface area contributed by atoms with E-state index in [1.165, 1.54) is 24.2 Å². The highest BCUT2D eigenvalue weighted by Gasteiger charge is 2.33. The van der Waals surface area contributed by atoms with Gasteiger partial charge in [0.25, 0.3) is 12.3 Å². The molecule has 0 unspecified atom stereocenters. The number of amides is 3. The number of alkyl halides is 2. The van der Waals surface area contributed by atoms with E-state index in [-0.39, 0.29) is 30.3 Å². The Hall–Kier alpha value is -4.36. The molecular weight excluding hydrogens is 464 g/mol. The van der Waals surface area contributed by atoms with Crippen LogP contribution in [-0.2, 0) is 7.05 Å². The van der Waals surface area contributed by atoms with Crippen molar-refractivity contribution >= 4 is 29.1 Å². The number of nitrogens with zero attached hydrogens (tertiary/aromatic N) is 7. The van der Waals surface area contributed by atoms with E-state index in [0.717, 1.165) is 9.80 Å². The SMILES string of the molecule is [2H]C([2H])([2H])NC(=O)c1nnc(N2CCN(CC(F)F)C2=O)cc1Nc1cccc(-c2ncn(C)n2)c1OC. The maximum absolute atomic E-state index is 12.8. The molecule has 0 atom stereocenters. The number of ether oxygens (including phenoxy) is 1. The van der Waals surface area contributed by atoms with Crippen molar-refractivity contribution in [2.45, 2.75) is 6.43 Å². The van der Waals surface area contributed by atoms with E-state index in [4.69, 9.17) is 8.85 Å². The van der Waals surface area contributed by atoms with Crippen molar-refractivity contribution in [1.29, 1.82) is 0 Å². The number of carbonyl (C=O) groups is 2. The standard InChI is InChI=1S/C21H23F2N9O3/c1-24-20(33)17-14(9-16(27-28-17)32-8-7-31(21(32)34)10-15(22)23)26-13-6-4-5-12(18(13)35-3)19-25-11-30(2)29-19/h4-6,9,11,15H,7-8,10H2,1-3H3,(H,24,33)(H,26,27)/i1D3. The number of hydrogen-bond acceptors (Lipinski definition) is 8. The molecule has 0 bridgehead atoms. The number of rotatable bonds is 8. The summed E-state index contributed by atoms with van der Waals surface area (Å²) in [4.78, 5) is 31.7. The fourth-order valence-corrected chi connectivity index (χ4v) is 3.61. The molecule has 1 saturated heterocycles. The topological polar surface area (TPSA) is 130 Å². The minimum absolute atomic E-state index is 0.0127. The monoisotopic (exact) mass is 490 g/mol. The molecule has 1 aromatic carbocycles. The molecule has 14 heteroatoms. The summed E-state index contributed by atoms with van der Waals surface area (Å²) in [6.07, 6.45) is -1.20. The Morgan fingerprint density at radius 1 is 1.29 bits per heavy atom. The minimum atomic E-state index is -2.81. The van der Waals surface area contributed by atoms with E-state index >= 15 is 0 Å². The van der Waals surface area contributed by atoms with Crippen LogP contribution < -0.4 is 20.3 Å². The summed E-state index contributed by atoms with van der Waals surface area (Å²) in [5, 5.41) is 16.9. The first-order chi connectivity index (χ1) is 18.0. The number of halogens is 2. The van der Waals surface area contributed by atoms with Crippen LogP contribution in [0.4, 0.5) is 30.8 Å². The summed E-state index contributed by atoms with van der Waals surface area (Å²) in [6.45, 7) is -3.44. The lowest BCUT2D eigenvalue weighted by atomic mass is 10.1. The first kappa shape index (κ1) is 20.1. The Kier molecular flexibility index (Phi) is 5.65. The van der Waals surface area contributed by atoms with Crippen LogP contribution in [0, 0.1) is 0 Å². The second-order valence-corrected chi connectivity index (χ2v) is 7.44. The van der Waals surface area contributed by atoms with E-state index in [1.54, 1.807) is 25.2 Å². The summed E-state index contributed by atoms with van der Waals surface area (Å²) in [5.41, 5.74) is 0.461. The van der Waals surface area contributed by atoms with Crippen LogP contribution in [-0.4, -0.2) is 81.9 Å². The van der Waals surface area contributed by atoms with Gasteiger partial charge in [0.05, 0.1) is 30.6 Å². The Labute approximate surface area is 203 Å². The van der Waals surface area contributed by atoms with E-state index in [9.17, 15) is 18.4 Å². The zero-order chi connectivity index (χ0) is 27.6. The molecule has 3 aromatic rings. The number of nitrogens with one attached hydrogen (secondary N) is 2. The van der Waals surface area contributed by atoms with Gasteiger partial charge in [-0.25, -0.2) is 18.6 Å². The quantitative estimate of drug-likeness (QED) is 0.490. The second-order valence-electron chi connectivity index (χ2n) is 7.44. The average Bonchev–Trinajstić information content (AvgIpc) is 3.43. The molecule has 184 valence electrons. The summed E-state index contributed by atoms with van der Waals surface area (Å²) in [6, 6.07) is 5.63. The van der Waals surface area contributed by atoms with Crippen molar-refractivity contribution in [2.75, 3.05) is 43.9 Å². The van der Waals surface area contributed by atoms with Crippen molar-refractivity contribution < 1.29 is 27.2 Å². The molecule has 12 nitrogen and oxygen atoms in total. The highest BCUT2D eigenvalue weighted by Crippen LogP contribution is 2.37. The Morgan fingerprint density at radius 3 is 2.80 bits per heavy atom. The van der Waals surface area contributed by atoms with Crippen LogP contribution in [0.2, 0.25) is 0 Å². The van der Waals surface area contributed by atoms with Crippen molar-refractivity contribution in [3.63, 3.8) is 0 Å². The van der Waals surface area contributed by atoms with Crippen LogP contribution in [0.3, 0.4) is 0 Å². The highest BCUT2D eigenvalue weighted by atomic mass is 19.3. The first-order valence-electron chi connectivity index (χ1n) is 11.8. The Bertz CT molecular complexity index is 1350. The normalized spacial score (nSPS) is 15.1. The third-order valence-corrected chi connectivity index (χ3v) is 5.17. The van der Waals surface area contributed by atoms with Crippen LogP contribution in [0.15, 0.2) is 30.6 Å². The number of methoxy groups -OCH3 is 1. The van der Waals surface area contributed by atoms with E-state index in [1.807, 2.05) is 5.32 Å². The Balaban J connectivity index is 1.74. The van der Waals surface area contributed by atoms with Gasteiger partial charge in [0, 0.05) is 37.3 Å². The van der Waals surface area contributed by atoms with Gasteiger partial charge in [-0.2, -0.15) is 5.10 Å². The lowest BCUT2D eigenvalue weighted by molar-refractivity contribution is 0.0958. The van der Waals surface area contributed by atoms with Gasteiger partial charge < -0.3 is 20.3 Å². The van der Waals surface area contributed by atoms with Gasteiger partial charge in [0.1, 0.15) is 6.33 Å². The molecule has 0 radical (unpaired) electrons.